The Morgan fingerprint density at radius 2 is 1.87 bits per heavy atom. The van der Waals surface area contributed by atoms with Gasteiger partial charge in [-0.2, -0.15) is 0 Å². The van der Waals surface area contributed by atoms with E-state index in [1.165, 1.54) is 6.07 Å². The number of nitrogens with one attached hydrogen (secondary N) is 1. The highest BCUT2D eigenvalue weighted by molar-refractivity contribution is 6.16. The number of hydrogen-bond acceptors (Lipinski definition) is 5. The van der Waals surface area contributed by atoms with Gasteiger partial charge in [-0.3, -0.25) is 4.79 Å². The molecule has 1 aromatic heterocycles. The van der Waals surface area contributed by atoms with Crippen LogP contribution in [0.25, 0.3) is 17.0 Å². The molecule has 148 valence electrons. The van der Waals surface area contributed by atoms with Gasteiger partial charge in [0.1, 0.15) is 35.2 Å². The molecular weight excluding hydrogens is 382 g/mol. The van der Waals surface area contributed by atoms with Crippen molar-refractivity contribution in [2.24, 2.45) is 0 Å². The summed E-state index contributed by atoms with van der Waals surface area (Å²) in [6.45, 7) is 0.451. The number of ketones is 1. The number of aromatic hydroxyl groups is 2. The Balaban J connectivity index is 1.45. The second-order valence-electron chi connectivity index (χ2n) is 7.00. The van der Waals surface area contributed by atoms with E-state index >= 15 is 0 Å². The van der Waals surface area contributed by atoms with E-state index in [4.69, 9.17) is 9.47 Å². The third-order valence-corrected chi connectivity index (χ3v) is 4.96. The number of rotatable bonds is 4. The molecule has 0 saturated carbocycles. The summed E-state index contributed by atoms with van der Waals surface area (Å²) in [5.74, 6) is -0.0112. The summed E-state index contributed by atoms with van der Waals surface area (Å²) in [6, 6.07) is 18.0. The van der Waals surface area contributed by atoms with Crippen molar-refractivity contribution in [2.75, 3.05) is 0 Å². The fraction of sp³-hybridized carbons (Fsp3) is 0.0417. The molecule has 0 radical (unpaired) electrons. The normalized spacial score (nSPS) is 14.1. The zero-order chi connectivity index (χ0) is 20.7. The van der Waals surface area contributed by atoms with Crippen LogP contribution >= 0.6 is 0 Å². The number of phenols is 2. The number of phenolic OH excluding ortho intramolecular Hbond substituents is 2. The molecule has 0 atom stereocenters. The molecule has 0 unspecified atom stereocenters. The molecule has 4 aromatic rings. The average Bonchev–Trinajstić information content (AvgIpc) is 3.28. The first-order valence-corrected chi connectivity index (χ1v) is 9.36. The van der Waals surface area contributed by atoms with E-state index in [0.29, 0.717) is 12.4 Å². The van der Waals surface area contributed by atoms with Crippen LogP contribution in [0.2, 0.25) is 0 Å². The molecule has 0 spiro atoms. The van der Waals surface area contributed by atoms with Gasteiger partial charge in [-0.25, -0.2) is 0 Å². The Hall–Kier alpha value is -4.19. The van der Waals surface area contributed by atoms with Gasteiger partial charge >= 0.3 is 0 Å². The molecule has 3 N–H and O–H groups in total. The molecule has 2 heterocycles. The van der Waals surface area contributed by atoms with Crippen molar-refractivity contribution in [1.29, 1.82) is 0 Å². The molecule has 1 aliphatic rings. The summed E-state index contributed by atoms with van der Waals surface area (Å²) < 4.78 is 11.5. The number of aromatic amines is 1. The molecule has 0 saturated heterocycles. The van der Waals surface area contributed by atoms with Crippen LogP contribution in [0, 0.1) is 0 Å². The number of aromatic nitrogens is 1. The minimum Gasteiger partial charge on any atom is -0.508 e. The third-order valence-electron chi connectivity index (χ3n) is 4.96. The van der Waals surface area contributed by atoms with Gasteiger partial charge in [0.25, 0.3) is 0 Å². The van der Waals surface area contributed by atoms with Crippen molar-refractivity contribution in [3.63, 3.8) is 0 Å². The topological polar surface area (TPSA) is 91.8 Å². The van der Waals surface area contributed by atoms with Crippen molar-refractivity contribution in [3.05, 3.63) is 89.3 Å². The Morgan fingerprint density at radius 3 is 2.70 bits per heavy atom. The SMILES string of the molecule is O=C1C(=Cc2c[nH]c3ccc(OCc4ccccc4)cc23)Oc2cc(O)cc(O)c21. The number of carbonyl (C=O) groups is 1. The maximum absolute atomic E-state index is 12.6. The fourth-order valence-corrected chi connectivity index (χ4v) is 3.49. The summed E-state index contributed by atoms with van der Waals surface area (Å²) in [7, 11) is 0. The van der Waals surface area contributed by atoms with Crippen LogP contribution in [0.3, 0.4) is 0 Å². The van der Waals surface area contributed by atoms with Gasteiger partial charge in [0.2, 0.25) is 5.78 Å². The van der Waals surface area contributed by atoms with Crippen molar-refractivity contribution < 1.29 is 24.5 Å². The number of fused-ring (bicyclic) bond motifs is 2. The van der Waals surface area contributed by atoms with Crippen LogP contribution in [0.15, 0.2) is 72.6 Å². The fourth-order valence-electron chi connectivity index (χ4n) is 3.49. The van der Waals surface area contributed by atoms with E-state index in [0.717, 1.165) is 28.1 Å². The molecule has 0 bridgehead atoms. The summed E-state index contributed by atoms with van der Waals surface area (Å²) >= 11 is 0. The Bertz CT molecular complexity index is 1300. The van der Waals surface area contributed by atoms with E-state index in [-0.39, 0.29) is 28.6 Å². The van der Waals surface area contributed by atoms with Crippen LogP contribution < -0.4 is 9.47 Å². The van der Waals surface area contributed by atoms with Gasteiger partial charge in [-0.05, 0) is 29.8 Å². The summed E-state index contributed by atoms with van der Waals surface area (Å²) in [4.78, 5) is 15.8. The minimum absolute atomic E-state index is 0.0470. The second kappa shape index (κ2) is 7.00. The molecule has 0 fully saturated rings. The molecule has 1 aliphatic heterocycles. The summed E-state index contributed by atoms with van der Waals surface area (Å²) in [5, 5.41) is 20.5. The lowest BCUT2D eigenvalue weighted by Gasteiger charge is -2.06. The lowest BCUT2D eigenvalue weighted by atomic mass is 10.1. The number of carbonyl (C=O) groups excluding carboxylic acids is 1. The van der Waals surface area contributed by atoms with Gasteiger partial charge in [0.05, 0.1) is 0 Å². The monoisotopic (exact) mass is 399 g/mol. The van der Waals surface area contributed by atoms with Gasteiger partial charge in [-0.15, -0.1) is 0 Å². The van der Waals surface area contributed by atoms with Crippen LogP contribution in [-0.4, -0.2) is 21.0 Å². The maximum atomic E-state index is 12.6. The number of hydrogen-bond donors (Lipinski definition) is 3. The number of Topliss-reactive ketones (excluding diaryl/α,β-unsaturated/α-hetero) is 1. The number of ether oxygens (including phenoxy) is 2. The Kier molecular flexibility index (Phi) is 4.17. The first-order valence-electron chi connectivity index (χ1n) is 9.36. The highest BCUT2D eigenvalue weighted by Crippen LogP contribution is 2.41. The number of benzene rings is 3. The first kappa shape index (κ1) is 17.9. The molecule has 30 heavy (non-hydrogen) atoms. The third kappa shape index (κ3) is 3.14. The minimum atomic E-state index is -0.437. The lowest BCUT2D eigenvalue weighted by molar-refractivity contribution is 0.101. The highest BCUT2D eigenvalue weighted by Gasteiger charge is 2.31. The zero-order valence-corrected chi connectivity index (χ0v) is 15.8. The molecule has 5 rings (SSSR count). The smallest absolute Gasteiger partial charge is 0.235 e. The van der Waals surface area contributed by atoms with E-state index in [9.17, 15) is 15.0 Å². The Morgan fingerprint density at radius 1 is 1.03 bits per heavy atom. The van der Waals surface area contributed by atoms with Gasteiger partial charge in [0.15, 0.2) is 5.76 Å². The molecule has 3 aromatic carbocycles. The number of allylic oxidation sites excluding steroid dienone is 1. The predicted octanol–water partition coefficient (Wildman–Crippen LogP) is 4.77. The van der Waals surface area contributed by atoms with Gasteiger partial charge in [-0.1, -0.05) is 30.3 Å². The Labute approximate surface area is 171 Å². The average molecular weight is 399 g/mol. The van der Waals surface area contributed by atoms with E-state index in [2.05, 4.69) is 4.98 Å². The molecule has 6 nitrogen and oxygen atoms in total. The molecule has 6 heteroatoms. The second-order valence-corrected chi connectivity index (χ2v) is 7.00. The van der Waals surface area contributed by atoms with Crippen molar-refractivity contribution in [3.8, 4) is 23.0 Å². The van der Waals surface area contributed by atoms with Crippen molar-refractivity contribution in [1.82, 2.24) is 4.98 Å². The lowest BCUT2D eigenvalue weighted by Crippen LogP contribution is -1.98. The summed E-state index contributed by atoms with van der Waals surface area (Å²) in [5.41, 5.74) is 2.75. The quantitative estimate of drug-likeness (QED) is 0.430. The van der Waals surface area contributed by atoms with E-state index in [1.54, 1.807) is 12.3 Å². The van der Waals surface area contributed by atoms with Crippen LogP contribution in [0.5, 0.6) is 23.0 Å². The molecule has 0 amide bonds. The van der Waals surface area contributed by atoms with Crippen LogP contribution in [0.4, 0.5) is 0 Å². The van der Waals surface area contributed by atoms with E-state index < -0.39 is 5.78 Å². The highest BCUT2D eigenvalue weighted by atomic mass is 16.5. The van der Waals surface area contributed by atoms with E-state index in [1.807, 2.05) is 48.5 Å². The standard InChI is InChI=1S/C24H17NO5/c26-16-9-20(27)23-21(10-16)30-22(24(23)28)8-15-12-25-19-7-6-17(11-18(15)19)29-13-14-4-2-1-3-5-14/h1-12,25-27H,13H2. The van der Waals surface area contributed by atoms with Crippen LogP contribution in [0.1, 0.15) is 21.5 Å². The molecular formula is C24H17NO5. The number of H-pyrrole nitrogens is 1. The maximum Gasteiger partial charge on any atom is 0.235 e. The summed E-state index contributed by atoms with van der Waals surface area (Å²) in [6.07, 6.45) is 3.38. The van der Waals surface area contributed by atoms with Gasteiger partial charge in [0, 0.05) is 34.8 Å². The zero-order valence-electron chi connectivity index (χ0n) is 15.8. The van der Waals surface area contributed by atoms with Crippen LogP contribution in [-0.2, 0) is 6.61 Å². The van der Waals surface area contributed by atoms with Gasteiger partial charge < -0.3 is 24.7 Å². The largest absolute Gasteiger partial charge is 0.508 e. The first-order chi connectivity index (χ1) is 14.6. The predicted molar refractivity (Wildman–Crippen MR) is 112 cm³/mol. The van der Waals surface area contributed by atoms with Crippen molar-refractivity contribution >= 4 is 22.8 Å². The molecule has 0 aliphatic carbocycles. The van der Waals surface area contributed by atoms with Crippen molar-refractivity contribution in [2.45, 2.75) is 6.61 Å².